The van der Waals surface area contributed by atoms with Crippen molar-refractivity contribution in [1.29, 1.82) is 0 Å². The van der Waals surface area contributed by atoms with E-state index in [2.05, 4.69) is 9.97 Å². The molecule has 2 fully saturated rings. The van der Waals surface area contributed by atoms with Crippen LogP contribution >= 0.6 is 0 Å². The Labute approximate surface area is 175 Å². The number of aromatic nitrogens is 3. The number of benzene rings is 1. The third-order valence-corrected chi connectivity index (χ3v) is 6.04. The zero-order valence-corrected chi connectivity index (χ0v) is 16.7. The van der Waals surface area contributed by atoms with Crippen LogP contribution in [0, 0.1) is 5.82 Å². The zero-order chi connectivity index (χ0) is 20.5. The first-order valence-corrected chi connectivity index (χ1v) is 10.5. The van der Waals surface area contributed by atoms with Crippen molar-refractivity contribution in [1.82, 2.24) is 19.9 Å². The average Bonchev–Trinajstić information content (AvgIpc) is 3.65. The Balaban J connectivity index is 1.38. The van der Waals surface area contributed by atoms with Crippen molar-refractivity contribution in [3.63, 3.8) is 0 Å². The van der Waals surface area contributed by atoms with Gasteiger partial charge in [0.15, 0.2) is 0 Å². The maximum absolute atomic E-state index is 14.0. The van der Waals surface area contributed by atoms with Gasteiger partial charge >= 0.3 is 0 Å². The molecule has 0 radical (unpaired) electrons. The molecule has 30 heavy (non-hydrogen) atoms. The SMILES string of the molecule is O=C(c1ccccc1F)N1CCC(c2nc(C3CC3)ncc2-c2ccncc2)CC1. The topological polar surface area (TPSA) is 59.0 Å². The number of halogens is 1. The molecule has 0 bridgehead atoms. The van der Waals surface area contributed by atoms with E-state index in [4.69, 9.17) is 4.98 Å². The summed E-state index contributed by atoms with van der Waals surface area (Å²) in [6.45, 7) is 1.19. The fraction of sp³-hybridized carbons (Fsp3) is 0.333. The Bertz CT molecular complexity index is 1060. The van der Waals surface area contributed by atoms with E-state index < -0.39 is 5.82 Å². The van der Waals surface area contributed by atoms with E-state index in [0.717, 1.165) is 48.3 Å². The first-order valence-electron chi connectivity index (χ1n) is 10.5. The largest absolute Gasteiger partial charge is 0.339 e. The van der Waals surface area contributed by atoms with Crippen LogP contribution < -0.4 is 0 Å². The van der Waals surface area contributed by atoms with E-state index in [1.165, 1.54) is 6.07 Å². The maximum Gasteiger partial charge on any atom is 0.256 e. The number of amides is 1. The maximum atomic E-state index is 14.0. The number of carbonyl (C=O) groups excluding carboxylic acids is 1. The van der Waals surface area contributed by atoms with Crippen LogP contribution in [0.4, 0.5) is 4.39 Å². The van der Waals surface area contributed by atoms with Crippen LogP contribution in [-0.4, -0.2) is 38.8 Å². The van der Waals surface area contributed by atoms with Gasteiger partial charge in [-0.1, -0.05) is 12.1 Å². The predicted molar refractivity (Wildman–Crippen MR) is 112 cm³/mol. The number of carbonyl (C=O) groups is 1. The highest BCUT2D eigenvalue weighted by Gasteiger charge is 2.31. The molecule has 1 amide bonds. The van der Waals surface area contributed by atoms with Crippen LogP contribution in [0.1, 0.15) is 59.4 Å². The van der Waals surface area contributed by atoms with Crippen LogP contribution in [0.2, 0.25) is 0 Å². The Hall–Kier alpha value is -3.15. The Morgan fingerprint density at radius 3 is 2.40 bits per heavy atom. The minimum atomic E-state index is -0.463. The molecule has 1 aromatic carbocycles. The second-order valence-corrected chi connectivity index (χ2v) is 8.08. The monoisotopic (exact) mass is 402 g/mol. The second kappa shape index (κ2) is 7.94. The van der Waals surface area contributed by atoms with Gasteiger partial charge in [0.2, 0.25) is 0 Å². The molecular weight excluding hydrogens is 379 g/mol. The lowest BCUT2D eigenvalue weighted by Gasteiger charge is -2.32. The van der Waals surface area contributed by atoms with E-state index in [1.54, 1.807) is 35.5 Å². The standard InChI is InChI=1S/C24H23FN4O/c25-21-4-2-1-3-19(21)24(30)29-13-9-17(10-14-29)22-20(16-7-11-26-12-8-16)15-27-23(28-22)18-5-6-18/h1-4,7-8,11-12,15,17-18H,5-6,9-10,13-14H2. The third-order valence-electron chi connectivity index (χ3n) is 6.04. The second-order valence-electron chi connectivity index (χ2n) is 8.08. The summed E-state index contributed by atoms with van der Waals surface area (Å²) in [5.41, 5.74) is 3.32. The predicted octanol–water partition coefficient (Wildman–Crippen LogP) is 4.57. The van der Waals surface area contributed by atoms with Crippen molar-refractivity contribution in [3.8, 4) is 11.1 Å². The van der Waals surface area contributed by atoms with Gasteiger partial charge in [0.1, 0.15) is 11.6 Å². The summed E-state index contributed by atoms with van der Waals surface area (Å²) in [5.74, 6) is 0.973. The van der Waals surface area contributed by atoms with E-state index >= 15 is 0 Å². The lowest BCUT2D eigenvalue weighted by atomic mass is 9.88. The molecule has 2 aromatic heterocycles. The lowest BCUT2D eigenvalue weighted by Crippen LogP contribution is -2.38. The first kappa shape index (κ1) is 18.9. The smallest absolute Gasteiger partial charge is 0.256 e. The zero-order valence-electron chi connectivity index (χ0n) is 16.7. The summed E-state index contributed by atoms with van der Waals surface area (Å²) in [6, 6.07) is 10.2. The molecule has 1 aliphatic heterocycles. The lowest BCUT2D eigenvalue weighted by molar-refractivity contribution is 0.0707. The number of hydrogen-bond acceptors (Lipinski definition) is 4. The number of nitrogens with zero attached hydrogens (tertiary/aromatic N) is 4. The number of rotatable bonds is 4. The summed E-state index contributed by atoms with van der Waals surface area (Å²) in [4.78, 5) is 28.2. The molecule has 1 saturated heterocycles. The number of hydrogen-bond donors (Lipinski definition) is 0. The first-order chi connectivity index (χ1) is 14.7. The van der Waals surface area contributed by atoms with Crippen molar-refractivity contribution in [2.24, 2.45) is 0 Å². The Kier molecular flexibility index (Phi) is 4.99. The number of pyridine rings is 1. The summed E-state index contributed by atoms with van der Waals surface area (Å²) in [5, 5.41) is 0. The molecule has 3 aromatic rings. The summed E-state index contributed by atoms with van der Waals surface area (Å²) >= 11 is 0. The molecule has 0 spiro atoms. The fourth-order valence-electron chi connectivity index (χ4n) is 4.17. The molecule has 3 heterocycles. The van der Waals surface area contributed by atoms with Gasteiger partial charge in [-0.05, 0) is 55.5 Å². The highest BCUT2D eigenvalue weighted by Crippen LogP contribution is 2.40. The fourth-order valence-corrected chi connectivity index (χ4v) is 4.17. The van der Waals surface area contributed by atoms with E-state index in [0.29, 0.717) is 19.0 Å². The minimum Gasteiger partial charge on any atom is -0.339 e. The van der Waals surface area contributed by atoms with Gasteiger partial charge in [-0.3, -0.25) is 9.78 Å². The molecule has 5 nitrogen and oxygen atoms in total. The van der Waals surface area contributed by atoms with Crippen LogP contribution in [0.5, 0.6) is 0 Å². The van der Waals surface area contributed by atoms with Gasteiger partial charge in [0, 0.05) is 49.1 Å². The van der Waals surface area contributed by atoms with Crippen LogP contribution in [0.15, 0.2) is 55.0 Å². The van der Waals surface area contributed by atoms with Gasteiger partial charge in [0.25, 0.3) is 5.91 Å². The van der Waals surface area contributed by atoms with Crippen molar-refractivity contribution in [2.45, 2.75) is 37.5 Å². The number of likely N-dealkylation sites (tertiary alicyclic amines) is 1. The Morgan fingerprint density at radius 1 is 0.967 bits per heavy atom. The van der Waals surface area contributed by atoms with Crippen molar-refractivity contribution < 1.29 is 9.18 Å². The minimum absolute atomic E-state index is 0.145. The molecule has 0 atom stereocenters. The molecule has 5 rings (SSSR count). The van der Waals surface area contributed by atoms with Crippen molar-refractivity contribution in [3.05, 3.63) is 77.9 Å². The van der Waals surface area contributed by atoms with E-state index in [1.807, 2.05) is 18.3 Å². The van der Waals surface area contributed by atoms with Crippen LogP contribution in [-0.2, 0) is 0 Å². The highest BCUT2D eigenvalue weighted by molar-refractivity contribution is 5.94. The van der Waals surface area contributed by atoms with Crippen LogP contribution in [0.3, 0.4) is 0 Å². The normalized spacial score (nSPS) is 17.2. The summed E-state index contributed by atoms with van der Waals surface area (Å²) in [7, 11) is 0. The van der Waals surface area contributed by atoms with Crippen LogP contribution in [0.25, 0.3) is 11.1 Å². The molecule has 1 saturated carbocycles. The quantitative estimate of drug-likeness (QED) is 0.641. The van der Waals surface area contributed by atoms with Gasteiger partial charge in [-0.2, -0.15) is 0 Å². The molecular formula is C24H23FN4O. The van der Waals surface area contributed by atoms with Crippen molar-refractivity contribution in [2.75, 3.05) is 13.1 Å². The number of piperidine rings is 1. The average molecular weight is 402 g/mol. The Morgan fingerprint density at radius 2 is 1.70 bits per heavy atom. The van der Waals surface area contributed by atoms with Gasteiger partial charge in [0.05, 0.1) is 11.3 Å². The molecule has 6 heteroatoms. The molecule has 0 unspecified atom stereocenters. The summed E-state index contributed by atoms with van der Waals surface area (Å²) < 4.78 is 14.0. The summed E-state index contributed by atoms with van der Waals surface area (Å²) in [6.07, 6.45) is 9.43. The highest BCUT2D eigenvalue weighted by atomic mass is 19.1. The third kappa shape index (κ3) is 3.70. The molecule has 2 aliphatic rings. The van der Waals surface area contributed by atoms with E-state index in [-0.39, 0.29) is 17.4 Å². The van der Waals surface area contributed by atoms with E-state index in [9.17, 15) is 9.18 Å². The molecule has 152 valence electrons. The van der Waals surface area contributed by atoms with Gasteiger partial charge in [-0.25, -0.2) is 14.4 Å². The van der Waals surface area contributed by atoms with Crippen molar-refractivity contribution >= 4 is 5.91 Å². The molecule has 0 N–H and O–H groups in total. The van der Waals surface area contributed by atoms with Gasteiger partial charge in [-0.15, -0.1) is 0 Å². The molecule has 1 aliphatic carbocycles. The van der Waals surface area contributed by atoms with Gasteiger partial charge < -0.3 is 4.90 Å².